The summed E-state index contributed by atoms with van der Waals surface area (Å²) in [7, 11) is 0. The molecule has 2 atom stereocenters. The summed E-state index contributed by atoms with van der Waals surface area (Å²) >= 11 is 0. The second-order valence-corrected chi connectivity index (χ2v) is 12.8. The molecule has 3 rings (SSSR count). The summed E-state index contributed by atoms with van der Waals surface area (Å²) in [5.41, 5.74) is 6.58. The number of nitro benzene ring substituents is 1. The van der Waals surface area contributed by atoms with E-state index in [1.165, 1.54) is 36.4 Å². The minimum atomic E-state index is -1.06. The van der Waals surface area contributed by atoms with E-state index in [0.29, 0.717) is 36.1 Å². The lowest BCUT2D eigenvalue weighted by Crippen LogP contribution is -2.54. The number of aryl methyl sites for hydroxylation is 1. The number of nitrogens with one attached hydrogen (secondary N) is 4. The molecule has 0 bridgehead atoms. The zero-order chi connectivity index (χ0) is 39.8. The number of rotatable bonds is 20. The van der Waals surface area contributed by atoms with Crippen LogP contribution in [0.1, 0.15) is 63.5 Å². The van der Waals surface area contributed by atoms with Gasteiger partial charge in [0.05, 0.1) is 4.92 Å². The van der Waals surface area contributed by atoms with Crippen molar-refractivity contribution in [3.05, 3.63) is 75.9 Å². The summed E-state index contributed by atoms with van der Waals surface area (Å²) in [4.78, 5) is 97.8. The van der Waals surface area contributed by atoms with Crippen molar-refractivity contribution in [2.45, 2.75) is 78.0 Å². The van der Waals surface area contributed by atoms with Crippen molar-refractivity contribution in [2.24, 2.45) is 11.7 Å². The molecule has 1 aliphatic heterocycles. The Morgan fingerprint density at radius 1 is 0.907 bits per heavy atom. The topological polar surface area (TPSA) is 258 Å². The number of imide groups is 1. The van der Waals surface area contributed by atoms with Gasteiger partial charge in [-0.1, -0.05) is 32.4 Å². The maximum Gasteiger partial charge on any atom is 0.514 e. The molecule has 0 saturated carbocycles. The van der Waals surface area contributed by atoms with Gasteiger partial charge in [0.1, 0.15) is 24.4 Å². The number of nitrogens with zero attached hydrogens (tertiary/aromatic N) is 2. The van der Waals surface area contributed by atoms with Gasteiger partial charge in [-0.3, -0.25) is 39.0 Å². The predicted molar refractivity (Wildman–Crippen MR) is 194 cm³/mol. The number of benzene rings is 2. The minimum absolute atomic E-state index is 0.0619. The number of unbranched alkanes of at least 4 members (excludes halogenated alkanes) is 2. The van der Waals surface area contributed by atoms with Crippen molar-refractivity contribution >= 4 is 53.1 Å². The molecule has 0 aliphatic carbocycles. The molecule has 6 N–H and O–H groups in total. The summed E-state index contributed by atoms with van der Waals surface area (Å²) in [5.74, 6) is -2.50. The van der Waals surface area contributed by atoms with Crippen molar-refractivity contribution in [2.75, 3.05) is 18.4 Å². The summed E-state index contributed by atoms with van der Waals surface area (Å²) < 4.78 is 10.2. The zero-order valence-corrected chi connectivity index (χ0v) is 30.3. The Morgan fingerprint density at radius 2 is 1.59 bits per heavy atom. The summed E-state index contributed by atoms with van der Waals surface area (Å²) in [6.45, 7) is 5.44. The highest BCUT2D eigenvalue weighted by Crippen LogP contribution is 2.20. The minimum Gasteiger partial charge on any atom is -0.429 e. The Morgan fingerprint density at radius 3 is 2.20 bits per heavy atom. The van der Waals surface area contributed by atoms with E-state index >= 15 is 0 Å². The Balaban J connectivity index is 1.55. The number of urea groups is 1. The molecule has 0 spiro atoms. The average Bonchev–Trinajstić information content (AvgIpc) is 3.44. The molecule has 0 aromatic heterocycles. The molecule has 18 heteroatoms. The second kappa shape index (κ2) is 20.6. The molecule has 0 fully saturated rings. The van der Waals surface area contributed by atoms with Crippen LogP contribution in [0.3, 0.4) is 0 Å². The first-order valence-electron chi connectivity index (χ1n) is 17.3. The highest BCUT2D eigenvalue weighted by atomic mass is 16.7. The molecular formula is C36H45N7O11. The third-order valence-electron chi connectivity index (χ3n) is 8.21. The number of anilines is 1. The Hall–Kier alpha value is -6.33. The third-order valence-corrected chi connectivity index (χ3v) is 8.21. The van der Waals surface area contributed by atoms with Gasteiger partial charge in [-0.15, -0.1) is 0 Å². The van der Waals surface area contributed by atoms with Gasteiger partial charge >= 0.3 is 12.2 Å². The van der Waals surface area contributed by atoms with Crippen LogP contribution in [0.2, 0.25) is 0 Å². The number of amides is 7. The summed E-state index contributed by atoms with van der Waals surface area (Å²) in [6.07, 6.45) is 3.50. The molecule has 0 saturated heterocycles. The molecular weight excluding hydrogens is 706 g/mol. The smallest absolute Gasteiger partial charge is 0.429 e. The Kier molecular flexibility index (Phi) is 16.1. The highest BCUT2D eigenvalue weighted by Gasteiger charge is 2.29. The van der Waals surface area contributed by atoms with Gasteiger partial charge in [0, 0.05) is 49.5 Å². The van der Waals surface area contributed by atoms with Crippen LogP contribution in [-0.2, 0) is 35.3 Å². The predicted octanol–water partition coefficient (Wildman–Crippen LogP) is 3.12. The van der Waals surface area contributed by atoms with Gasteiger partial charge in [0.15, 0.2) is 0 Å². The maximum absolute atomic E-state index is 13.5. The number of ether oxygens (including phenoxy) is 2. The highest BCUT2D eigenvalue weighted by molar-refractivity contribution is 6.12. The van der Waals surface area contributed by atoms with Crippen molar-refractivity contribution < 1.29 is 48.0 Å². The SMILES string of the molecule is Cc1cc(COC(=O)Oc2ccc([N+](=O)[O-])cc2)ccc1NC(=O)[C@H](CCCNC(N)=O)NC(=O)[C@@H](NC(=O)CCCCCN1C(=O)C=CC1=O)C(C)C. The van der Waals surface area contributed by atoms with Crippen LogP contribution in [-0.4, -0.2) is 76.7 Å². The second-order valence-electron chi connectivity index (χ2n) is 12.8. The van der Waals surface area contributed by atoms with E-state index < -0.39 is 41.0 Å². The van der Waals surface area contributed by atoms with Gasteiger partial charge in [-0.2, -0.15) is 0 Å². The number of nitro groups is 1. The van der Waals surface area contributed by atoms with Gasteiger partial charge in [0.25, 0.3) is 17.5 Å². The van der Waals surface area contributed by atoms with E-state index in [9.17, 15) is 43.7 Å². The van der Waals surface area contributed by atoms with Gasteiger partial charge in [-0.05, 0) is 67.9 Å². The molecule has 7 amide bonds. The molecule has 290 valence electrons. The lowest BCUT2D eigenvalue weighted by molar-refractivity contribution is -0.384. The van der Waals surface area contributed by atoms with Crippen LogP contribution < -0.4 is 31.7 Å². The maximum atomic E-state index is 13.5. The lowest BCUT2D eigenvalue weighted by Gasteiger charge is -2.25. The van der Waals surface area contributed by atoms with E-state index in [1.54, 1.807) is 39.0 Å². The zero-order valence-electron chi connectivity index (χ0n) is 30.3. The average molecular weight is 752 g/mol. The van der Waals surface area contributed by atoms with E-state index in [-0.39, 0.29) is 74.0 Å². The number of hydrogen-bond acceptors (Lipinski definition) is 11. The number of carbonyl (C=O) groups is 7. The van der Waals surface area contributed by atoms with Crippen molar-refractivity contribution in [3.63, 3.8) is 0 Å². The van der Waals surface area contributed by atoms with Gasteiger partial charge in [-0.25, -0.2) is 9.59 Å². The van der Waals surface area contributed by atoms with Crippen molar-refractivity contribution in [1.82, 2.24) is 20.9 Å². The van der Waals surface area contributed by atoms with Crippen LogP contribution in [0.15, 0.2) is 54.6 Å². The molecule has 1 aliphatic rings. The molecule has 2 aromatic carbocycles. The van der Waals surface area contributed by atoms with Crippen LogP contribution in [0.4, 0.5) is 21.0 Å². The summed E-state index contributed by atoms with van der Waals surface area (Å²) in [6, 6.07) is 7.01. The molecule has 0 unspecified atom stereocenters. The number of hydrogen-bond donors (Lipinski definition) is 5. The first-order valence-corrected chi connectivity index (χ1v) is 17.3. The van der Waals surface area contributed by atoms with E-state index in [0.717, 1.165) is 4.90 Å². The molecule has 54 heavy (non-hydrogen) atoms. The van der Waals surface area contributed by atoms with Crippen molar-refractivity contribution in [1.29, 1.82) is 0 Å². The van der Waals surface area contributed by atoms with Crippen LogP contribution >= 0.6 is 0 Å². The van der Waals surface area contributed by atoms with E-state index in [1.807, 2.05) is 0 Å². The lowest BCUT2D eigenvalue weighted by atomic mass is 10.0. The Bertz CT molecular complexity index is 1730. The molecule has 1 heterocycles. The fourth-order valence-corrected chi connectivity index (χ4v) is 5.29. The monoisotopic (exact) mass is 751 g/mol. The normalized spacial score (nSPS) is 13.2. The largest absolute Gasteiger partial charge is 0.514 e. The van der Waals surface area contributed by atoms with E-state index in [4.69, 9.17) is 15.2 Å². The van der Waals surface area contributed by atoms with Gasteiger partial charge in [0.2, 0.25) is 17.7 Å². The number of nitrogens with two attached hydrogens (primary N) is 1. The standard InChI is InChI=1S/C36H45N7O11/c1-22(2)32(41-29(44)9-5-4-6-19-42-30(45)16-17-31(42)46)34(48)40-28(8-7-18-38-35(37)49)33(47)39-27-15-10-24(20-23(27)3)21-53-36(50)54-26-13-11-25(12-14-26)43(51)52/h10-17,20,22,28,32H,4-9,18-19,21H2,1-3H3,(H,39,47)(H,40,48)(H,41,44)(H3,37,38,49)/t28-,32-/m0/s1. The van der Waals surface area contributed by atoms with Crippen LogP contribution in [0.25, 0.3) is 0 Å². The molecule has 2 aromatic rings. The van der Waals surface area contributed by atoms with Gasteiger partial charge < -0.3 is 36.5 Å². The number of carbonyl (C=O) groups excluding carboxylic acids is 7. The molecule has 0 radical (unpaired) electrons. The van der Waals surface area contributed by atoms with Crippen molar-refractivity contribution in [3.8, 4) is 5.75 Å². The Labute approximate surface area is 311 Å². The first-order chi connectivity index (χ1) is 25.6. The summed E-state index contributed by atoms with van der Waals surface area (Å²) in [5, 5.41) is 21.5. The fraction of sp³-hybridized carbons (Fsp3) is 0.417. The van der Waals surface area contributed by atoms with E-state index in [2.05, 4.69) is 21.3 Å². The number of non-ortho nitro benzene ring substituents is 1. The van der Waals surface area contributed by atoms with Crippen LogP contribution in [0, 0.1) is 23.0 Å². The number of primary amides is 1. The van der Waals surface area contributed by atoms with Crippen LogP contribution in [0.5, 0.6) is 5.75 Å². The quantitative estimate of drug-likeness (QED) is 0.0328. The fourth-order valence-electron chi connectivity index (χ4n) is 5.29. The third kappa shape index (κ3) is 13.7. The first kappa shape index (κ1) is 42.1. The molecule has 18 nitrogen and oxygen atoms in total.